The van der Waals surface area contributed by atoms with Crippen LogP contribution in [-0.2, 0) is 4.79 Å². The molecule has 1 aliphatic rings. The third-order valence-corrected chi connectivity index (χ3v) is 4.16. The average molecular weight is 256 g/mol. The van der Waals surface area contributed by atoms with Crippen molar-refractivity contribution in [3.05, 3.63) is 0 Å². The third-order valence-electron chi connectivity index (χ3n) is 4.16. The zero-order valence-corrected chi connectivity index (χ0v) is 11.8. The summed E-state index contributed by atoms with van der Waals surface area (Å²) in [4.78, 5) is 11.9. The fraction of sp³-hybridized carbons (Fsp3) is 0.929. The molecule has 0 aliphatic heterocycles. The molecule has 18 heavy (non-hydrogen) atoms. The fourth-order valence-corrected chi connectivity index (χ4v) is 2.52. The van der Waals surface area contributed by atoms with Crippen molar-refractivity contribution in [2.75, 3.05) is 19.7 Å². The number of amides is 1. The first-order chi connectivity index (χ1) is 8.43. The number of carbonyl (C=O) groups is 1. The molecule has 4 heteroatoms. The maximum Gasteiger partial charge on any atom is 0.220 e. The van der Waals surface area contributed by atoms with Crippen LogP contribution in [0.2, 0.25) is 0 Å². The number of nitrogens with two attached hydrogens (primary N) is 1. The van der Waals surface area contributed by atoms with Gasteiger partial charge in [-0.2, -0.15) is 0 Å². The Morgan fingerprint density at radius 1 is 1.44 bits per heavy atom. The summed E-state index contributed by atoms with van der Waals surface area (Å²) in [6.07, 6.45) is 5.66. The molecule has 4 N–H and O–H groups in total. The Morgan fingerprint density at radius 2 is 2.11 bits per heavy atom. The van der Waals surface area contributed by atoms with Gasteiger partial charge in [-0.1, -0.05) is 20.3 Å². The topological polar surface area (TPSA) is 75.3 Å². The Balaban J connectivity index is 2.28. The molecule has 1 amide bonds. The number of carbonyl (C=O) groups excluding carboxylic acids is 1. The molecule has 1 aliphatic carbocycles. The molecule has 0 aromatic heterocycles. The van der Waals surface area contributed by atoms with E-state index in [4.69, 9.17) is 10.8 Å². The SMILES string of the molecule is CC(C)(CCCO)CNC(=O)CC1(CN)CCC1. The van der Waals surface area contributed by atoms with Gasteiger partial charge in [0.05, 0.1) is 0 Å². The average Bonchev–Trinajstić information content (AvgIpc) is 2.29. The van der Waals surface area contributed by atoms with E-state index in [1.807, 2.05) is 0 Å². The zero-order valence-electron chi connectivity index (χ0n) is 11.8. The van der Waals surface area contributed by atoms with Crippen molar-refractivity contribution in [1.82, 2.24) is 5.32 Å². The van der Waals surface area contributed by atoms with E-state index in [0.717, 1.165) is 25.7 Å². The minimum atomic E-state index is 0.0495. The summed E-state index contributed by atoms with van der Waals surface area (Å²) in [6.45, 7) is 5.74. The van der Waals surface area contributed by atoms with E-state index in [1.54, 1.807) is 0 Å². The molecule has 106 valence electrons. The summed E-state index contributed by atoms with van der Waals surface area (Å²) < 4.78 is 0. The highest BCUT2D eigenvalue weighted by atomic mass is 16.2. The van der Waals surface area contributed by atoms with Gasteiger partial charge in [0.1, 0.15) is 0 Å². The molecule has 1 fully saturated rings. The summed E-state index contributed by atoms with van der Waals surface area (Å²) in [5, 5.41) is 11.8. The normalized spacial score (nSPS) is 18.2. The lowest BCUT2D eigenvalue weighted by atomic mass is 9.66. The van der Waals surface area contributed by atoms with E-state index in [0.29, 0.717) is 19.5 Å². The minimum Gasteiger partial charge on any atom is -0.396 e. The van der Waals surface area contributed by atoms with Gasteiger partial charge in [0, 0.05) is 19.6 Å². The first-order valence-electron chi connectivity index (χ1n) is 7.01. The van der Waals surface area contributed by atoms with Crippen LogP contribution in [0.3, 0.4) is 0 Å². The maximum absolute atomic E-state index is 11.9. The fourth-order valence-electron chi connectivity index (χ4n) is 2.52. The van der Waals surface area contributed by atoms with Crippen molar-refractivity contribution in [1.29, 1.82) is 0 Å². The van der Waals surface area contributed by atoms with E-state index < -0.39 is 0 Å². The monoisotopic (exact) mass is 256 g/mol. The van der Waals surface area contributed by atoms with Crippen LogP contribution in [0, 0.1) is 10.8 Å². The van der Waals surface area contributed by atoms with Crippen LogP contribution < -0.4 is 11.1 Å². The summed E-state index contributed by atoms with van der Waals surface area (Å²) in [5.74, 6) is 0.122. The van der Waals surface area contributed by atoms with Gasteiger partial charge in [0.25, 0.3) is 0 Å². The molecule has 0 atom stereocenters. The maximum atomic E-state index is 11.9. The third kappa shape index (κ3) is 4.58. The molecule has 0 spiro atoms. The Morgan fingerprint density at radius 3 is 2.56 bits per heavy atom. The summed E-state index contributed by atoms with van der Waals surface area (Å²) in [5.41, 5.74) is 5.89. The molecule has 1 saturated carbocycles. The molecule has 0 unspecified atom stereocenters. The van der Waals surface area contributed by atoms with Gasteiger partial charge in [0.2, 0.25) is 5.91 Å². The minimum absolute atomic E-state index is 0.0495. The van der Waals surface area contributed by atoms with Crippen LogP contribution >= 0.6 is 0 Å². The van der Waals surface area contributed by atoms with Crippen molar-refractivity contribution < 1.29 is 9.90 Å². The van der Waals surface area contributed by atoms with Gasteiger partial charge in [-0.25, -0.2) is 0 Å². The summed E-state index contributed by atoms with van der Waals surface area (Å²) in [7, 11) is 0. The molecular weight excluding hydrogens is 228 g/mol. The molecular formula is C14H28N2O2. The Kier molecular flexibility index (Phi) is 5.60. The van der Waals surface area contributed by atoms with Gasteiger partial charge < -0.3 is 16.2 Å². The van der Waals surface area contributed by atoms with Crippen LogP contribution in [0.25, 0.3) is 0 Å². The first kappa shape index (κ1) is 15.4. The molecule has 0 heterocycles. The predicted octanol–water partition coefficient (Wildman–Crippen LogP) is 1.42. The molecule has 0 aromatic rings. The molecule has 0 bridgehead atoms. The van der Waals surface area contributed by atoms with Crippen molar-refractivity contribution in [2.24, 2.45) is 16.6 Å². The highest BCUT2D eigenvalue weighted by Crippen LogP contribution is 2.42. The van der Waals surface area contributed by atoms with Crippen molar-refractivity contribution in [2.45, 2.75) is 52.4 Å². The quantitative estimate of drug-likeness (QED) is 0.615. The molecule has 0 saturated heterocycles. The van der Waals surface area contributed by atoms with Crippen LogP contribution in [0.5, 0.6) is 0 Å². The van der Waals surface area contributed by atoms with Gasteiger partial charge in [0.15, 0.2) is 0 Å². The number of rotatable bonds is 8. The van der Waals surface area contributed by atoms with E-state index in [1.165, 1.54) is 6.42 Å². The van der Waals surface area contributed by atoms with Crippen LogP contribution in [0.1, 0.15) is 52.4 Å². The molecule has 1 rings (SSSR count). The highest BCUT2D eigenvalue weighted by Gasteiger charge is 2.37. The van der Waals surface area contributed by atoms with Gasteiger partial charge >= 0.3 is 0 Å². The van der Waals surface area contributed by atoms with Crippen LogP contribution in [0.15, 0.2) is 0 Å². The van der Waals surface area contributed by atoms with Crippen LogP contribution in [0.4, 0.5) is 0 Å². The second-order valence-electron chi connectivity index (χ2n) is 6.50. The number of aliphatic hydroxyl groups is 1. The number of hydrogen-bond donors (Lipinski definition) is 3. The predicted molar refractivity (Wildman–Crippen MR) is 73.1 cm³/mol. The smallest absolute Gasteiger partial charge is 0.220 e. The summed E-state index contributed by atoms with van der Waals surface area (Å²) in [6, 6.07) is 0. The van der Waals surface area contributed by atoms with E-state index >= 15 is 0 Å². The summed E-state index contributed by atoms with van der Waals surface area (Å²) >= 11 is 0. The molecule has 0 aromatic carbocycles. The van der Waals surface area contributed by atoms with Crippen molar-refractivity contribution >= 4 is 5.91 Å². The standard InChI is InChI=1S/C14H28N2O2/c1-13(2,5-4-8-17)11-16-12(18)9-14(10-15)6-3-7-14/h17H,3-11,15H2,1-2H3,(H,16,18). The second kappa shape index (κ2) is 6.53. The Bertz CT molecular complexity index is 267. The van der Waals surface area contributed by atoms with Crippen molar-refractivity contribution in [3.8, 4) is 0 Å². The van der Waals surface area contributed by atoms with Gasteiger partial charge in [-0.05, 0) is 43.1 Å². The van der Waals surface area contributed by atoms with Gasteiger partial charge in [-0.3, -0.25) is 4.79 Å². The largest absolute Gasteiger partial charge is 0.396 e. The van der Waals surface area contributed by atoms with E-state index in [-0.39, 0.29) is 23.3 Å². The van der Waals surface area contributed by atoms with Gasteiger partial charge in [-0.15, -0.1) is 0 Å². The Labute approximate surface area is 110 Å². The molecule has 0 radical (unpaired) electrons. The van der Waals surface area contributed by atoms with E-state index in [2.05, 4.69) is 19.2 Å². The number of aliphatic hydroxyl groups excluding tert-OH is 1. The Hall–Kier alpha value is -0.610. The first-order valence-corrected chi connectivity index (χ1v) is 7.01. The second-order valence-corrected chi connectivity index (χ2v) is 6.50. The van der Waals surface area contributed by atoms with E-state index in [9.17, 15) is 4.79 Å². The number of nitrogens with one attached hydrogen (secondary N) is 1. The number of hydrogen-bond acceptors (Lipinski definition) is 3. The highest BCUT2D eigenvalue weighted by molar-refractivity contribution is 5.76. The molecule has 4 nitrogen and oxygen atoms in total. The lowest BCUT2D eigenvalue weighted by Crippen LogP contribution is -2.43. The lowest BCUT2D eigenvalue weighted by molar-refractivity contribution is -0.125. The zero-order chi connectivity index (χ0) is 13.6. The lowest BCUT2D eigenvalue weighted by Gasteiger charge is -2.40. The van der Waals surface area contributed by atoms with Crippen LogP contribution in [-0.4, -0.2) is 30.7 Å². The van der Waals surface area contributed by atoms with Crippen molar-refractivity contribution in [3.63, 3.8) is 0 Å².